The Morgan fingerprint density at radius 1 is 1.19 bits per heavy atom. The molecule has 1 fully saturated rings. The molecule has 9 nitrogen and oxygen atoms in total. The van der Waals surface area contributed by atoms with Gasteiger partial charge in [0.15, 0.2) is 0 Å². The number of hydrogen-bond acceptors (Lipinski definition) is 6. The van der Waals surface area contributed by atoms with E-state index in [9.17, 15) is 23.3 Å². The van der Waals surface area contributed by atoms with Crippen LogP contribution in [0.3, 0.4) is 0 Å². The number of non-ortho nitro benzene ring substituents is 1. The SMILES string of the molecule is CC[C@H](C(=O)Nc1ccc(N2CCCC2)cc1)N(c1cc([N+](=O)[O-])ccc1C)S(C)(=O)=O. The van der Waals surface area contributed by atoms with Crippen LogP contribution in [-0.2, 0) is 14.8 Å². The summed E-state index contributed by atoms with van der Waals surface area (Å²) in [5, 5.41) is 14.0. The highest BCUT2D eigenvalue weighted by Crippen LogP contribution is 2.30. The molecule has 0 aliphatic carbocycles. The Hall–Kier alpha value is -3.14. The van der Waals surface area contributed by atoms with E-state index < -0.39 is 26.9 Å². The highest BCUT2D eigenvalue weighted by Gasteiger charge is 2.33. The van der Waals surface area contributed by atoms with Crippen molar-refractivity contribution in [1.82, 2.24) is 0 Å². The molecule has 0 aromatic heterocycles. The molecule has 32 heavy (non-hydrogen) atoms. The number of anilines is 3. The highest BCUT2D eigenvalue weighted by atomic mass is 32.2. The monoisotopic (exact) mass is 460 g/mol. The number of nitro benzene ring substituents is 1. The average molecular weight is 461 g/mol. The molecule has 172 valence electrons. The maximum absolute atomic E-state index is 13.1. The standard InChI is InChI=1S/C22H28N4O5S/c1-4-20(22(27)23-17-8-11-18(12-9-17)24-13-5-6-14-24)25(32(3,30)31)21-15-19(26(28)29)10-7-16(21)2/h7-12,15,20H,4-6,13-14H2,1-3H3,(H,23,27)/t20-/m1/s1. The Balaban J connectivity index is 1.88. The highest BCUT2D eigenvalue weighted by molar-refractivity contribution is 7.92. The Morgan fingerprint density at radius 3 is 2.34 bits per heavy atom. The van der Waals surface area contributed by atoms with E-state index in [1.165, 1.54) is 18.2 Å². The number of nitrogens with zero attached hydrogens (tertiary/aromatic N) is 3. The van der Waals surface area contributed by atoms with Gasteiger partial charge >= 0.3 is 0 Å². The van der Waals surface area contributed by atoms with Gasteiger partial charge in [-0.1, -0.05) is 13.0 Å². The molecular formula is C22H28N4O5S. The van der Waals surface area contributed by atoms with Crippen LogP contribution in [0.5, 0.6) is 0 Å². The predicted molar refractivity (Wildman–Crippen MR) is 126 cm³/mol. The van der Waals surface area contributed by atoms with E-state index in [2.05, 4.69) is 10.2 Å². The third-order valence-electron chi connectivity index (χ3n) is 5.58. The van der Waals surface area contributed by atoms with Crippen molar-refractivity contribution < 1.29 is 18.1 Å². The first-order valence-electron chi connectivity index (χ1n) is 10.5. The average Bonchev–Trinajstić information content (AvgIpc) is 3.27. The Morgan fingerprint density at radius 2 is 1.81 bits per heavy atom. The van der Waals surface area contributed by atoms with Gasteiger partial charge in [-0.05, 0) is 56.0 Å². The maximum Gasteiger partial charge on any atom is 0.271 e. The van der Waals surface area contributed by atoms with Gasteiger partial charge in [0.1, 0.15) is 6.04 Å². The van der Waals surface area contributed by atoms with Crippen molar-refractivity contribution in [1.29, 1.82) is 0 Å². The number of carbonyl (C=O) groups excluding carboxylic acids is 1. The van der Waals surface area contributed by atoms with Crippen molar-refractivity contribution in [3.05, 3.63) is 58.1 Å². The molecule has 0 radical (unpaired) electrons. The zero-order valence-corrected chi connectivity index (χ0v) is 19.3. The first kappa shape index (κ1) is 23.5. The van der Waals surface area contributed by atoms with E-state index in [-0.39, 0.29) is 17.8 Å². The Labute approximate surface area is 188 Å². The quantitative estimate of drug-likeness (QED) is 0.475. The molecule has 1 atom stereocenters. The normalized spacial score (nSPS) is 14.8. The molecule has 1 saturated heterocycles. The lowest BCUT2D eigenvalue weighted by molar-refractivity contribution is -0.384. The Kier molecular flexibility index (Phi) is 7.02. The van der Waals surface area contributed by atoms with Gasteiger partial charge in [-0.3, -0.25) is 19.2 Å². The van der Waals surface area contributed by atoms with Crippen LogP contribution in [0.25, 0.3) is 0 Å². The molecule has 1 N–H and O–H groups in total. The van der Waals surface area contributed by atoms with Crippen LogP contribution < -0.4 is 14.5 Å². The van der Waals surface area contributed by atoms with Crippen LogP contribution in [0.4, 0.5) is 22.7 Å². The second-order valence-corrected chi connectivity index (χ2v) is 9.80. The molecule has 3 rings (SSSR count). The van der Waals surface area contributed by atoms with E-state index in [0.717, 1.165) is 42.2 Å². The van der Waals surface area contributed by atoms with Gasteiger partial charge in [0.2, 0.25) is 15.9 Å². The molecule has 2 aromatic carbocycles. The lowest BCUT2D eigenvalue weighted by atomic mass is 10.1. The number of hydrogen-bond donors (Lipinski definition) is 1. The third-order valence-corrected chi connectivity index (χ3v) is 6.74. The topological polar surface area (TPSA) is 113 Å². The van der Waals surface area contributed by atoms with Crippen LogP contribution in [0.15, 0.2) is 42.5 Å². The summed E-state index contributed by atoms with van der Waals surface area (Å²) in [6.07, 6.45) is 3.50. The summed E-state index contributed by atoms with van der Waals surface area (Å²) < 4.78 is 26.3. The van der Waals surface area contributed by atoms with Crippen molar-refractivity contribution >= 4 is 38.7 Å². The summed E-state index contributed by atoms with van der Waals surface area (Å²) in [6.45, 7) is 5.37. The van der Waals surface area contributed by atoms with Crippen LogP contribution >= 0.6 is 0 Å². The number of sulfonamides is 1. The van der Waals surface area contributed by atoms with Crippen molar-refractivity contribution in [3.8, 4) is 0 Å². The largest absolute Gasteiger partial charge is 0.372 e. The zero-order chi connectivity index (χ0) is 23.5. The number of nitrogens with one attached hydrogen (secondary N) is 1. The number of nitro groups is 1. The molecule has 10 heteroatoms. The van der Waals surface area contributed by atoms with Crippen molar-refractivity contribution in [3.63, 3.8) is 0 Å². The van der Waals surface area contributed by atoms with Gasteiger partial charge in [0, 0.05) is 36.6 Å². The van der Waals surface area contributed by atoms with Gasteiger partial charge in [-0.25, -0.2) is 8.42 Å². The fourth-order valence-electron chi connectivity index (χ4n) is 3.94. The second-order valence-electron chi connectivity index (χ2n) is 7.94. The number of rotatable bonds is 8. The molecule has 1 aliphatic rings. The maximum atomic E-state index is 13.1. The lowest BCUT2D eigenvalue weighted by Crippen LogP contribution is -2.47. The van der Waals surface area contributed by atoms with E-state index in [0.29, 0.717) is 11.3 Å². The molecule has 0 unspecified atom stereocenters. The van der Waals surface area contributed by atoms with E-state index >= 15 is 0 Å². The number of carbonyl (C=O) groups is 1. The van der Waals surface area contributed by atoms with E-state index in [1.54, 1.807) is 26.0 Å². The molecular weight excluding hydrogens is 432 g/mol. The van der Waals surface area contributed by atoms with Gasteiger partial charge < -0.3 is 10.2 Å². The van der Waals surface area contributed by atoms with Gasteiger partial charge in [-0.15, -0.1) is 0 Å². The summed E-state index contributed by atoms with van der Waals surface area (Å²) in [5.74, 6) is -0.502. The number of amides is 1. The van der Waals surface area contributed by atoms with Gasteiger partial charge in [0.25, 0.3) is 5.69 Å². The predicted octanol–water partition coefficient (Wildman–Crippen LogP) is 3.69. The molecule has 1 amide bonds. The number of benzene rings is 2. The van der Waals surface area contributed by atoms with Gasteiger partial charge in [-0.2, -0.15) is 0 Å². The molecule has 1 aliphatic heterocycles. The number of aryl methyl sites for hydroxylation is 1. The molecule has 1 heterocycles. The first-order chi connectivity index (χ1) is 15.1. The third kappa shape index (κ3) is 5.18. The summed E-state index contributed by atoms with van der Waals surface area (Å²) in [4.78, 5) is 26.0. The second kappa shape index (κ2) is 9.56. The van der Waals surface area contributed by atoms with Crippen LogP contribution in [-0.4, -0.2) is 44.6 Å². The minimum atomic E-state index is -3.91. The Bertz CT molecular complexity index is 1100. The summed E-state index contributed by atoms with van der Waals surface area (Å²) in [7, 11) is -3.91. The fraction of sp³-hybridized carbons (Fsp3) is 0.409. The van der Waals surface area contributed by atoms with Crippen LogP contribution in [0, 0.1) is 17.0 Å². The minimum absolute atomic E-state index is 0.119. The molecule has 0 bridgehead atoms. The van der Waals surface area contributed by atoms with Crippen molar-refractivity contribution in [2.24, 2.45) is 0 Å². The van der Waals surface area contributed by atoms with Gasteiger partial charge in [0.05, 0.1) is 16.9 Å². The fourth-order valence-corrected chi connectivity index (χ4v) is 5.20. The minimum Gasteiger partial charge on any atom is -0.372 e. The van der Waals surface area contributed by atoms with Crippen LogP contribution in [0.2, 0.25) is 0 Å². The smallest absolute Gasteiger partial charge is 0.271 e. The zero-order valence-electron chi connectivity index (χ0n) is 18.4. The summed E-state index contributed by atoms with van der Waals surface area (Å²) in [6, 6.07) is 10.4. The first-order valence-corrected chi connectivity index (χ1v) is 12.4. The van der Waals surface area contributed by atoms with Crippen molar-refractivity contribution in [2.75, 3.05) is 33.9 Å². The van der Waals surface area contributed by atoms with Crippen molar-refractivity contribution in [2.45, 2.75) is 39.2 Å². The lowest BCUT2D eigenvalue weighted by Gasteiger charge is -2.31. The van der Waals surface area contributed by atoms with E-state index in [1.807, 2.05) is 12.1 Å². The van der Waals surface area contributed by atoms with Crippen LogP contribution in [0.1, 0.15) is 31.7 Å². The summed E-state index contributed by atoms with van der Waals surface area (Å²) in [5.41, 5.74) is 2.03. The molecule has 0 spiro atoms. The van der Waals surface area contributed by atoms with E-state index in [4.69, 9.17) is 0 Å². The summed E-state index contributed by atoms with van der Waals surface area (Å²) >= 11 is 0. The molecule has 2 aromatic rings. The molecule has 0 saturated carbocycles.